The van der Waals surface area contributed by atoms with Crippen LogP contribution in [0.3, 0.4) is 0 Å². The zero-order chi connectivity index (χ0) is 18.2. The molecule has 1 N–H and O–H groups in total. The quantitative estimate of drug-likeness (QED) is 0.771. The molecule has 1 aliphatic rings. The highest BCUT2D eigenvalue weighted by Crippen LogP contribution is 2.32. The lowest BCUT2D eigenvalue weighted by Crippen LogP contribution is -2.34. The number of carbonyl (C=O) groups excluding carboxylic acids is 1. The molecular weight excluding hydrogens is 330 g/mol. The first-order chi connectivity index (χ1) is 12.8. The number of hydrogen-bond acceptors (Lipinski definition) is 4. The van der Waals surface area contributed by atoms with Gasteiger partial charge >= 0.3 is 6.03 Å². The minimum atomic E-state index is -0.0678. The van der Waals surface area contributed by atoms with Crippen molar-refractivity contribution in [2.75, 3.05) is 32.2 Å². The summed E-state index contributed by atoms with van der Waals surface area (Å²) in [6, 6.07) is 11.8. The van der Waals surface area contributed by atoms with E-state index in [1.807, 2.05) is 41.3 Å². The zero-order valence-electron chi connectivity index (χ0n) is 15.1. The van der Waals surface area contributed by atoms with E-state index in [0.717, 1.165) is 36.2 Å². The highest BCUT2D eigenvalue weighted by molar-refractivity contribution is 5.89. The van der Waals surface area contributed by atoms with Gasteiger partial charge in [-0.25, -0.2) is 4.79 Å². The third kappa shape index (κ3) is 4.80. The molecule has 138 valence electrons. The Hall–Kier alpha value is -2.44. The van der Waals surface area contributed by atoms with E-state index in [1.165, 1.54) is 0 Å². The number of nitrogens with zero attached hydrogens (tertiary/aromatic N) is 2. The molecular formula is C20H25N3O3. The molecule has 1 unspecified atom stereocenters. The number of carbonyl (C=O) groups is 1. The van der Waals surface area contributed by atoms with Gasteiger partial charge in [-0.3, -0.25) is 4.98 Å². The van der Waals surface area contributed by atoms with Crippen molar-refractivity contribution < 1.29 is 14.3 Å². The minimum absolute atomic E-state index is 0.0678. The van der Waals surface area contributed by atoms with Crippen LogP contribution in [-0.2, 0) is 16.1 Å². The molecule has 1 aromatic carbocycles. The highest BCUT2D eigenvalue weighted by atomic mass is 16.5. The lowest BCUT2D eigenvalue weighted by molar-refractivity contribution is 0.0617. The number of nitrogens with one attached hydrogen (secondary N) is 1. The first-order valence-electron chi connectivity index (χ1n) is 8.91. The van der Waals surface area contributed by atoms with Gasteiger partial charge in [0.15, 0.2) is 0 Å². The number of ether oxygens (including phenoxy) is 2. The number of likely N-dealkylation sites (tertiary alicyclic amines) is 1. The van der Waals surface area contributed by atoms with Crippen molar-refractivity contribution in [2.45, 2.75) is 25.5 Å². The molecule has 0 bridgehead atoms. The number of hydrogen-bond donors (Lipinski definition) is 1. The van der Waals surface area contributed by atoms with Gasteiger partial charge in [-0.2, -0.15) is 0 Å². The molecule has 0 aliphatic carbocycles. The number of methoxy groups -OCH3 is 1. The topological polar surface area (TPSA) is 63.7 Å². The number of rotatable bonds is 7. The molecule has 0 saturated carbocycles. The van der Waals surface area contributed by atoms with E-state index < -0.39 is 0 Å². The SMILES string of the molecule is COCCOCc1cccc(NC(=O)N2CCCC2c2ccncc2)c1. The van der Waals surface area contributed by atoms with Gasteiger partial charge < -0.3 is 19.7 Å². The summed E-state index contributed by atoms with van der Waals surface area (Å²) < 4.78 is 10.5. The summed E-state index contributed by atoms with van der Waals surface area (Å²) in [5.74, 6) is 0. The van der Waals surface area contributed by atoms with Crippen LogP contribution in [0.25, 0.3) is 0 Å². The Morgan fingerprint density at radius 2 is 2.12 bits per heavy atom. The van der Waals surface area contributed by atoms with Crippen molar-refractivity contribution in [3.05, 3.63) is 59.9 Å². The first-order valence-corrected chi connectivity index (χ1v) is 8.91. The molecule has 2 aromatic rings. The van der Waals surface area contributed by atoms with E-state index in [2.05, 4.69) is 10.3 Å². The van der Waals surface area contributed by atoms with E-state index >= 15 is 0 Å². The largest absolute Gasteiger partial charge is 0.382 e. The summed E-state index contributed by atoms with van der Waals surface area (Å²) in [4.78, 5) is 18.7. The molecule has 1 aromatic heterocycles. The number of urea groups is 1. The van der Waals surface area contributed by atoms with E-state index in [4.69, 9.17) is 9.47 Å². The molecule has 0 spiro atoms. The molecule has 26 heavy (non-hydrogen) atoms. The van der Waals surface area contributed by atoms with Gasteiger partial charge in [0.05, 0.1) is 25.9 Å². The van der Waals surface area contributed by atoms with Crippen LogP contribution < -0.4 is 5.32 Å². The lowest BCUT2D eigenvalue weighted by atomic mass is 10.1. The number of benzene rings is 1. The molecule has 6 heteroatoms. The fraction of sp³-hybridized carbons (Fsp3) is 0.400. The molecule has 0 radical (unpaired) electrons. The van der Waals surface area contributed by atoms with Crippen LogP contribution >= 0.6 is 0 Å². The Balaban J connectivity index is 1.60. The number of anilines is 1. The summed E-state index contributed by atoms with van der Waals surface area (Å²) in [5, 5.41) is 3.02. The maximum absolute atomic E-state index is 12.8. The summed E-state index contributed by atoms with van der Waals surface area (Å²) in [6.07, 6.45) is 5.53. The van der Waals surface area contributed by atoms with Crippen LogP contribution in [0.4, 0.5) is 10.5 Å². The smallest absolute Gasteiger partial charge is 0.322 e. The van der Waals surface area contributed by atoms with Gasteiger partial charge in [-0.15, -0.1) is 0 Å². The Labute approximate surface area is 154 Å². The van der Waals surface area contributed by atoms with Crippen molar-refractivity contribution in [2.24, 2.45) is 0 Å². The van der Waals surface area contributed by atoms with E-state index in [0.29, 0.717) is 19.8 Å². The average molecular weight is 355 g/mol. The Morgan fingerprint density at radius 3 is 2.92 bits per heavy atom. The van der Waals surface area contributed by atoms with Crippen LogP contribution in [-0.4, -0.2) is 42.8 Å². The van der Waals surface area contributed by atoms with Crippen LogP contribution in [0.1, 0.15) is 30.0 Å². The van der Waals surface area contributed by atoms with Crippen molar-refractivity contribution >= 4 is 11.7 Å². The monoisotopic (exact) mass is 355 g/mol. The van der Waals surface area contributed by atoms with Crippen LogP contribution in [0.2, 0.25) is 0 Å². The van der Waals surface area contributed by atoms with Crippen molar-refractivity contribution in [3.63, 3.8) is 0 Å². The lowest BCUT2D eigenvalue weighted by Gasteiger charge is -2.25. The van der Waals surface area contributed by atoms with Gasteiger partial charge in [-0.05, 0) is 48.2 Å². The molecule has 1 saturated heterocycles. The number of pyridine rings is 1. The molecule has 3 rings (SSSR count). The summed E-state index contributed by atoms with van der Waals surface area (Å²) in [6.45, 7) is 2.38. The molecule has 2 amide bonds. The van der Waals surface area contributed by atoms with Gasteiger partial charge in [0.2, 0.25) is 0 Å². The Morgan fingerprint density at radius 1 is 1.27 bits per heavy atom. The van der Waals surface area contributed by atoms with E-state index in [1.54, 1.807) is 19.5 Å². The average Bonchev–Trinajstić information content (AvgIpc) is 3.16. The minimum Gasteiger partial charge on any atom is -0.382 e. The second kappa shape index (κ2) is 9.31. The number of amides is 2. The second-order valence-electron chi connectivity index (χ2n) is 6.31. The molecule has 1 fully saturated rings. The maximum Gasteiger partial charge on any atom is 0.322 e. The first kappa shape index (κ1) is 18.4. The van der Waals surface area contributed by atoms with Crippen molar-refractivity contribution in [1.82, 2.24) is 9.88 Å². The summed E-state index contributed by atoms with van der Waals surface area (Å²) >= 11 is 0. The van der Waals surface area contributed by atoms with Gasteiger partial charge in [-0.1, -0.05) is 12.1 Å². The van der Waals surface area contributed by atoms with Crippen LogP contribution in [0.15, 0.2) is 48.8 Å². The van der Waals surface area contributed by atoms with Gasteiger partial charge in [0.25, 0.3) is 0 Å². The third-order valence-corrected chi connectivity index (χ3v) is 4.48. The molecule has 1 atom stereocenters. The Kier molecular flexibility index (Phi) is 6.57. The summed E-state index contributed by atoms with van der Waals surface area (Å²) in [5.41, 5.74) is 2.93. The molecule has 6 nitrogen and oxygen atoms in total. The van der Waals surface area contributed by atoms with Crippen molar-refractivity contribution in [1.29, 1.82) is 0 Å². The van der Waals surface area contributed by atoms with E-state index in [-0.39, 0.29) is 12.1 Å². The van der Waals surface area contributed by atoms with Gasteiger partial charge in [0.1, 0.15) is 0 Å². The fourth-order valence-corrected chi connectivity index (χ4v) is 3.21. The van der Waals surface area contributed by atoms with E-state index in [9.17, 15) is 4.79 Å². The van der Waals surface area contributed by atoms with Gasteiger partial charge in [0, 0.05) is 31.7 Å². The standard InChI is InChI=1S/C20H25N3O3/c1-25-12-13-26-15-16-4-2-5-18(14-16)22-20(24)23-11-3-6-19(23)17-7-9-21-10-8-17/h2,4-5,7-10,14,19H,3,6,11-13,15H2,1H3,(H,22,24). The normalized spacial score (nSPS) is 16.7. The molecule has 2 heterocycles. The molecule has 1 aliphatic heterocycles. The highest BCUT2D eigenvalue weighted by Gasteiger charge is 2.29. The predicted octanol–water partition coefficient (Wildman–Crippen LogP) is 3.61. The Bertz CT molecular complexity index is 708. The van der Waals surface area contributed by atoms with Crippen LogP contribution in [0, 0.1) is 0 Å². The number of aromatic nitrogens is 1. The second-order valence-corrected chi connectivity index (χ2v) is 6.31. The maximum atomic E-state index is 12.8. The van der Waals surface area contributed by atoms with Crippen molar-refractivity contribution in [3.8, 4) is 0 Å². The summed E-state index contributed by atoms with van der Waals surface area (Å²) in [7, 11) is 1.65. The fourth-order valence-electron chi connectivity index (χ4n) is 3.21. The zero-order valence-corrected chi connectivity index (χ0v) is 15.1. The predicted molar refractivity (Wildman–Crippen MR) is 99.9 cm³/mol. The third-order valence-electron chi connectivity index (χ3n) is 4.48. The van der Waals surface area contributed by atoms with Crippen LogP contribution in [0.5, 0.6) is 0 Å².